The Bertz CT molecular complexity index is 1120. The number of benzene rings is 4. The van der Waals surface area contributed by atoms with Gasteiger partial charge in [0.25, 0.3) is 0 Å². The van der Waals surface area contributed by atoms with E-state index in [0.29, 0.717) is 6.61 Å². The zero-order chi connectivity index (χ0) is 23.6. The summed E-state index contributed by atoms with van der Waals surface area (Å²) in [5, 5.41) is 0. The van der Waals surface area contributed by atoms with Gasteiger partial charge in [0.1, 0.15) is 12.4 Å². The van der Waals surface area contributed by atoms with Crippen LogP contribution in [-0.4, -0.2) is 32.1 Å². The van der Waals surface area contributed by atoms with Gasteiger partial charge in [-0.05, 0) is 66.9 Å². The largest absolute Gasteiger partial charge is 0.492 e. The molecule has 172 valence electrons. The minimum absolute atomic E-state index is 0.682. The molecule has 0 amide bonds. The molecule has 0 saturated carbocycles. The summed E-state index contributed by atoms with van der Waals surface area (Å²) in [5.41, 5.74) is 7.81. The zero-order valence-corrected chi connectivity index (χ0v) is 20.2. The van der Waals surface area contributed by atoms with Crippen LogP contribution in [0.3, 0.4) is 0 Å². The van der Waals surface area contributed by atoms with Gasteiger partial charge in [-0.15, -0.1) is 0 Å². The molecule has 0 fully saturated rings. The summed E-state index contributed by atoms with van der Waals surface area (Å²) in [7, 11) is 4.12. The highest BCUT2D eigenvalue weighted by atomic mass is 16.5. The molecule has 34 heavy (non-hydrogen) atoms. The third-order valence-electron chi connectivity index (χ3n) is 5.89. The van der Waals surface area contributed by atoms with E-state index in [1.807, 2.05) is 0 Å². The second-order valence-electron chi connectivity index (χ2n) is 8.85. The van der Waals surface area contributed by atoms with Crippen LogP contribution >= 0.6 is 0 Å². The van der Waals surface area contributed by atoms with E-state index in [4.69, 9.17) is 4.74 Å². The topological polar surface area (TPSA) is 12.5 Å². The van der Waals surface area contributed by atoms with Crippen LogP contribution in [0.15, 0.2) is 121 Å². The molecule has 4 aromatic carbocycles. The summed E-state index contributed by atoms with van der Waals surface area (Å²) < 4.78 is 5.95. The first kappa shape index (κ1) is 23.5. The maximum absolute atomic E-state index is 5.95. The second kappa shape index (κ2) is 12.0. The molecule has 0 saturated heterocycles. The molecular weight excluding hydrogens is 414 g/mol. The van der Waals surface area contributed by atoms with Crippen LogP contribution < -0.4 is 4.74 Å². The van der Waals surface area contributed by atoms with E-state index in [9.17, 15) is 0 Å². The maximum atomic E-state index is 5.95. The monoisotopic (exact) mass is 447 g/mol. The number of rotatable bonds is 10. The smallest absolute Gasteiger partial charge is 0.119 e. The lowest BCUT2D eigenvalue weighted by atomic mass is 9.87. The number of likely N-dealkylation sites (N-methyl/N-ethyl adjacent to an activating group) is 1. The van der Waals surface area contributed by atoms with Gasteiger partial charge in [0.2, 0.25) is 0 Å². The fraction of sp³-hybridized carbons (Fsp3) is 0.188. The molecule has 2 heteroatoms. The predicted molar refractivity (Wildman–Crippen MR) is 143 cm³/mol. The molecule has 0 atom stereocenters. The van der Waals surface area contributed by atoms with Gasteiger partial charge in [0, 0.05) is 6.54 Å². The van der Waals surface area contributed by atoms with Crippen LogP contribution in [0.5, 0.6) is 5.75 Å². The van der Waals surface area contributed by atoms with Crippen molar-refractivity contribution in [3.8, 4) is 5.75 Å². The van der Waals surface area contributed by atoms with Crippen LogP contribution in [0.1, 0.15) is 22.3 Å². The molecule has 0 N–H and O–H groups in total. The van der Waals surface area contributed by atoms with Crippen molar-refractivity contribution in [2.45, 2.75) is 12.8 Å². The Morgan fingerprint density at radius 3 is 1.56 bits per heavy atom. The van der Waals surface area contributed by atoms with E-state index in [1.165, 1.54) is 33.4 Å². The van der Waals surface area contributed by atoms with Gasteiger partial charge in [-0.2, -0.15) is 0 Å². The minimum atomic E-state index is 0.682. The standard InChI is InChI=1S/C32H33NO/c1-33(2)22-23-34-31-20-18-29(19-21-31)32(28-16-10-5-11-17-28)30(24-26-12-6-3-7-13-26)25-27-14-8-4-9-15-27/h3-21H,22-25H2,1-2H3. The van der Waals surface area contributed by atoms with Gasteiger partial charge < -0.3 is 9.64 Å². The van der Waals surface area contributed by atoms with E-state index >= 15 is 0 Å². The van der Waals surface area contributed by atoms with E-state index < -0.39 is 0 Å². The van der Waals surface area contributed by atoms with Crippen LogP contribution in [0, 0.1) is 0 Å². The molecule has 0 aliphatic carbocycles. The Balaban J connectivity index is 1.75. The van der Waals surface area contributed by atoms with Crippen molar-refractivity contribution in [1.82, 2.24) is 4.90 Å². The fourth-order valence-corrected chi connectivity index (χ4v) is 4.17. The Morgan fingerprint density at radius 2 is 1.06 bits per heavy atom. The first-order chi connectivity index (χ1) is 16.7. The Hall–Kier alpha value is -3.62. The first-order valence-corrected chi connectivity index (χ1v) is 11.9. The number of ether oxygens (including phenoxy) is 1. The van der Waals surface area contributed by atoms with Crippen molar-refractivity contribution in [2.24, 2.45) is 0 Å². The highest BCUT2D eigenvalue weighted by molar-refractivity contribution is 5.83. The SMILES string of the molecule is CN(C)CCOc1ccc(C(=C(Cc2ccccc2)Cc2ccccc2)c2ccccc2)cc1. The molecule has 4 rings (SSSR count). The van der Waals surface area contributed by atoms with Crippen molar-refractivity contribution in [3.63, 3.8) is 0 Å². The Kier molecular flexibility index (Phi) is 8.32. The average Bonchev–Trinajstić information content (AvgIpc) is 2.87. The summed E-state index contributed by atoms with van der Waals surface area (Å²) >= 11 is 0. The summed E-state index contributed by atoms with van der Waals surface area (Å²) in [5.74, 6) is 0.908. The molecule has 0 spiro atoms. The molecule has 2 nitrogen and oxygen atoms in total. The normalized spacial score (nSPS) is 10.8. The number of allylic oxidation sites excluding steroid dienone is 1. The quantitative estimate of drug-likeness (QED) is 0.262. The summed E-state index contributed by atoms with van der Waals surface area (Å²) in [6, 6.07) is 40.9. The average molecular weight is 448 g/mol. The number of hydrogen-bond donors (Lipinski definition) is 0. The van der Waals surface area contributed by atoms with Gasteiger partial charge in [-0.1, -0.05) is 109 Å². The summed E-state index contributed by atoms with van der Waals surface area (Å²) in [4.78, 5) is 2.13. The van der Waals surface area contributed by atoms with Gasteiger partial charge in [0.05, 0.1) is 0 Å². The lowest BCUT2D eigenvalue weighted by Crippen LogP contribution is -2.19. The van der Waals surface area contributed by atoms with Crippen molar-refractivity contribution in [2.75, 3.05) is 27.2 Å². The highest BCUT2D eigenvalue weighted by Crippen LogP contribution is 2.32. The first-order valence-electron chi connectivity index (χ1n) is 11.9. The van der Waals surface area contributed by atoms with Crippen LogP contribution in [0.2, 0.25) is 0 Å². The lowest BCUT2D eigenvalue weighted by molar-refractivity contribution is 0.261. The highest BCUT2D eigenvalue weighted by Gasteiger charge is 2.14. The third kappa shape index (κ3) is 6.69. The molecule has 0 aromatic heterocycles. The van der Waals surface area contributed by atoms with Crippen molar-refractivity contribution < 1.29 is 4.74 Å². The predicted octanol–water partition coefficient (Wildman–Crippen LogP) is 6.91. The number of nitrogens with zero attached hydrogens (tertiary/aromatic N) is 1. The molecule has 0 heterocycles. The molecule has 0 aliphatic rings. The van der Waals surface area contributed by atoms with Gasteiger partial charge >= 0.3 is 0 Å². The second-order valence-corrected chi connectivity index (χ2v) is 8.85. The van der Waals surface area contributed by atoms with E-state index in [1.54, 1.807) is 0 Å². The van der Waals surface area contributed by atoms with Crippen LogP contribution in [0.4, 0.5) is 0 Å². The van der Waals surface area contributed by atoms with Crippen LogP contribution in [-0.2, 0) is 12.8 Å². The molecule has 0 unspecified atom stereocenters. The van der Waals surface area contributed by atoms with Gasteiger partial charge in [-0.3, -0.25) is 0 Å². The molecule has 0 radical (unpaired) electrons. The summed E-state index contributed by atoms with van der Waals surface area (Å²) in [6.45, 7) is 1.58. The molecular formula is C32H33NO. The minimum Gasteiger partial charge on any atom is -0.492 e. The van der Waals surface area contributed by atoms with Crippen molar-refractivity contribution >= 4 is 5.57 Å². The fourth-order valence-electron chi connectivity index (χ4n) is 4.17. The van der Waals surface area contributed by atoms with E-state index in [0.717, 1.165) is 25.1 Å². The molecule has 0 bridgehead atoms. The number of hydrogen-bond acceptors (Lipinski definition) is 2. The van der Waals surface area contributed by atoms with Crippen molar-refractivity contribution in [1.29, 1.82) is 0 Å². The van der Waals surface area contributed by atoms with Gasteiger partial charge in [-0.25, -0.2) is 0 Å². The molecule has 4 aromatic rings. The maximum Gasteiger partial charge on any atom is 0.119 e. The Morgan fingerprint density at radius 1 is 0.588 bits per heavy atom. The third-order valence-corrected chi connectivity index (χ3v) is 5.89. The Labute approximate surface area is 204 Å². The van der Waals surface area contributed by atoms with Crippen LogP contribution in [0.25, 0.3) is 5.57 Å². The lowest BCUT2D eigenvalue weighted by Gasteiger charge is -2.18. The molecule has 0 aliphatic heterocycles. The van der Waals surface area contributed by atoms with Gasteiger partial charge in [0.15, 0.2) is 0 Å². The van der Waals surface area contributed by atoms with E-state index in [2.05, 4.69) is 134 Å². The van der Waals surface area contributed by atoms with E-state index in [-0.39, 0.29) is 0 Å². The zero-order valence-electron chi connectivity index (χ0n) is 20.2. The summed E-state index contributed by atoms with van der Waals surface area (Å²) in [6.07, 6.45) is 1.81. The van der Waals surface area contributed by atoms with Crippen molar-refractivity contribution in [3.05, 3.63) is 143 Å².